The molecule has 5 heteroatoms. The third kappa shape index (κ3) is 2.49. The van der Waals surface area contributed by atoms with Crippen molar-refractivity contribution < 1.29 is 4.74 Å². The summed E-state index contributed by atoms with van der Waals surface area (Å²) in [5.41, 5.74) is 7.28. The summed E-state index contributed by atoms with van der Waals surface area (Å²) >= 11 is 3.46. The lowest BCUT2D eigenvalue weighted by Gasteiger charge is -2.13. The average Bonchev–Trinajstić information content (AvgIpc) is 2.19. The second-order valence-corrected chi connectivity index (χ2v) is 5.05. The van der Waals surface area contributed by atoms with Crippen LogP contribution in [0, 0.1) is 6.92 Å². The number of rotatable bonds is 2. The van der Waals surface area contributed by atoms with Gasteiger partial charge in [0.25, 0.3) is 0 Å². The van der Waals surface area contributed by atoms with Crippen molar-refractivity contribution in [3.8, 4) is 5.75 Å². The number of fused-ring (bicyclic) bond motifs is 1. The van der Waals surface area contributed by atoms with Crippen LogP contribution < -0.4 is 10.5 Å². The van der Waals surface area contributed by atoms with Gasteiger partial charge >= 0.3 is 0 Å². The summed E-state index contributed by atoms with van der Waals surface area (Å²) < 4.78 is 6.68. The number of ether oxygens (including phenoxy) is 1. The van der Waals surface area contributed by atoms with Gasteiger partial charge in [0.15, 0.2) is 0 Å². The number of nitrogens with two attached hydrogens (primary N) is 1. The number of anilines is 1. The highest BCUT2D eigenvalue weighted by molar-refractivity contribution is 9.10. The van der Waals surface area contributed by atoms with Crippen LogP contribution >= 0.6 is 15.9 Å². The van der Waals surface area contributed by atoms with E-state index in [1.54, 1.807) is 0 Å². The molecule has 0 atom stereocenters. The third-order valence-corrected chi connectivity index (χ3v) is 2.76. The van der Waals surface area contributed by atoms with Crippen LogP contribution in [0.25, 0.3) is 10.9 Å². The zero-order valence-electron chi connectivity index (χ0n) is 9.99. The highest BCUT2D eigenvalue weighted by Gasteiger charge is 2.11. The second kappa shape index (κ2) is 4.49. The Hall–Kier alpha value is -1.36. The van der Waals surface area contributed by atoms with Gasteiger partial charge in [-0.15, -0.1) is 0 Å². The van der Waals surface area contributed by atoms with Crippen LogP contribution in [0.2, 0.25) is 0 Å². The minimum absolute atomic E-state index is 0.0870. The normalized spacial score (nSPS) is 11.1. The Kier molecular flexibility index (Phi) is 3.19. The van der Waals surface area contributed by atoms with E-state index in [2.05, 4.69) is 25.9 Å². The lowest BCUT2D eigenvalue weighted by atomic mass is 10.2. The smallest absolute Gasteiger partial charge is 0.220 e. The molecule has 17 heavy (non-hydrogen) atoms. The van der Waals surface area contributed by atoms with Gasteiger partial charge in [0.2, 0.25) is 5.95 Å². The van der Waals surface area contributed by atoms with E-state index in [1.165, 1.54) is 0 Å². The molecule has 90 valence electrons. The highest BCUT2D eigenvalue weighted by atomic mass is 79.9. The molecule has 0 spiro atoms. The second-order valence-electron chi connectivity index (χ2n) is 4.13. The number of halogens is 1. The van der Waals surface area contributed by atoms with E-state index in [9.17, 15) is 0 Å². The predicted octanol–water partition coefficient (Wildman–Crippen LogP) is 3.07. The van der Waals surface area contributed by atoms with E-state index >= 15 is 0 Å². The van der Waals surface area contributed by atoms with Gasteiger partial charge < -0.3 is 10.5 Å². The summed E-state index contributed by atoms with van der Waals surface area (Å²) in [5.74, 6) is 0.993. The maximum atomic E-state index is 5.74. The van der Waals surface area contributed by atoms with Crippen molar-refractivity contribution in [2.45, 2.75) is 26.9 Å². The van der Waals surface area contributed by atoms with Crippen molar-refractivity contribution >= 4 is 32.8 Å². The van der Waals surface area contributed by atoms with Gasteiger partial charge in [0.05, 0.1) is 11.8 Å². The number of hydrogen-bond acceptors (Lipinski definition) is 4. The molecule has 4 nitrogen and oxygen atoms in total. The first-order chi connectivity index (χ1) is 7.97. The van der Waals surface area contributed by atoms with Gasteiger partial charge in [-0.1, -0.05) is 15.9 Å². The summed E-state index contributed by atoms with van der Waals surface area (Å²) in [4.78, 5) is 8.40. The molecule has 1 aromatic heterocycles. The molecule has 0 radical (unpaired) electrons. The lowest BCUT2D eigenvalue weighted by Crippen LogP contribution is -2.07. The van der Waals surface area contributed by atoms with Crippen molar-refractivity contribution in [1.82, 2.24) is 9.97 Å². The van der Waals surface area contributed by atoms with Crippen LogP contribution in [0.3, 0.4) is 0 Å². The molecule has 0 saturated carbocycles. The van der Waals surface area contributed by atoms with E-state index < -0.39 is 0 Å². The maximum absolute atomic E-state index is 5.74. The Morgan fingerprint density at radius 2 is 2.00 bits per heavy atom. The quantitative estimate of drug-likeness (QED) is 0.925. The molecule has 0 saturated heterocycles. The van der Waals surface area contributed by atoms with Gasteiger partial charge in [0.1, 0.15) is 11.3 Å². The number of benzene rings is 1. The Bertz CT molecular complexity index is 569. The first-order valence-electron chi connectivity index (χ1n) is 5.37. The SMILES string of the molecule is Cc1nc(N)nc2c(OC(C)C)cc(Br)cc12. The average molecular weight is 296 g/mol. The first-order valence-corrected chi connectivity index (χ1v) is 6.16. The lowest BCUT2D eigenvalue weighted by molar-refractivity contribution is 0.245. The van der Waals surface area contributed by atoms with Gasteiger partial charge in [-0.2, -0.15) is 0 Å². The Labute approximate surface area is 108 Å². The molecule has 1 aromatic carbocycles. The van der Waals surface area contributed by atoms with E-state index in [-0.39, 0.29) is 12.1 Å². The van der Waals surface area contributed by atoms with Crippen molar-refractivity contribution in [3.63, 3.8) is 0 Å². The van der Waals surface area contributed by atoms with Gasteiger partial charge in [-0.25, -0.2) is 9.97 Å². The molecule has 2 aromatic rings. The van der Waals surface area contributed by atoms with E-state index in [0.29, 0.717) is 0 Å². The first kappa shape index (κ1) is 12.1. The molecular formula is C12H14BrN3O. The minimum Gasteiger partial charge on any atom is -0.489 e. The highest BCUT2D eigenvalue weighted by Crippen LogP contribution is 2.31. The summed E-state index contributed by atoms with van der Waals surface area (Å²) in [6, 6.07) is 3.87. The van der Waals surface area contributed by atoms with Crippen LogP contribution in [-0.2, 0) is 0 Å². The summed E-state index contributed by atoms with van der Waals surface area (Å²) in [5, 5.41) is 0.948. The number of nitrogen functional groups attached to an aromatic ring is 1. The summed E-state index contributed by atoms with van der Waals surface area (Å²) in [6.45, 7) is 5.86. The molecule has 0 aliphatic carbocycles. The standard InChI is InChI=1S/C12H14BrN3O/c1-6(2)17-10-5-8(13)4-9-7(3)15-12(14)16-11(9)10/h4-6H,1-3H3,(H2,14,15,16). The van der Waals surface area contributed by atoms with E-state index in [1.807, 2.05) is 32.9 Å². The van der Waals surface area contributed by atoms with Gasteiger partial charge in [0, 0.05) is 9.86 Å². The summed E-state index contributed by atoms with van der Waals surface area (Å²) in [7, 11) is 0. The van der Waals surface area contributed by atoms with Crippen molar-refractivity contribution in [1.29, 1.82) is 0 Å². The zero-order valence-corrected chi connectivity index (χ0v) is 11.6. The molecular weight excluding hydrogens is 282 g/mol. The molecule has 0 bridgehead atoms. The van der Waals surface area contributed by atoms with Crippen molar-refractivity contribution in [2.75, 3.05) is 5.73 Å². The fourth-order valence-electron chi connectivity index (χ4n) is 1.68. The Morgan fingerprint density at radius 1 is 1.29 bits per heavy atom. The van der Waals surface area contributed by atoms with Crippen molar-refractivity contribution in [3.05, 3.63) is 22.3 Å². The molecule has 0 aliphatic heterocycles. The van der Waals surface area contributed by atoms with Gasteiger partial charge in [-0.3, -0.25) is 0 Å². The van der Waals surface area contributed by atoms with Crippen LogP contribution in [0.1, 0.15) is 19.5 Å². The number of aryl methyl sites for hydroxylation is 1. The number of hydrogen-bond donors (Lipinski definition) is 1. The third-order valence-electron chi connectivity index (χ3n) is 2.30. The molecule has 0 unspecified atom stereocenters. The summed E-state index contributed by atoms with van der Waals surface area (Å²) in [6.07, 6.45) is 0.0870. The van der Waals surface area contributed by atoms with Crippen molar-refractivity contribution in [2.24, 2.45) is 0 Å². The molecule has 2 N–H and O–H groups in total. The molecule has 1 heterocycles. The maximum Gasteiger partial charge on any atom is 0.220 e. The van der Waals surface area contributed by atoms with Crippen LogP contribution in [-0.4, -0.2) is 16.1 Å². The van der Waals surface area contributed by atoms with E-state index in [4.69, 9.17) is 10.5 Å². The van der Waals surface area contributed by atoms with Crippen LogP contribution in [0.4, 0.5) is 5.95 Å². The molecule has 2 rings (SSSR count). The van der Waals surface area contributed by atoms with Gasteiger partial charge in [-0.05, 0) is 32.9 Å². The fraction of sp³-hybridized carbons (Fsp3) is 0.333. The largest absolute Gasteiger partial charge is 0.489 e. The van der Waals surface area contributed by atoms with E-state index in [0.717, 1.165) is 26.8 Å². The zero-order chi connectivity index (χ0) is 12.6. The Balaban J connectivity index is 2.73. The topological polar surface area (TPSA) is 61.0 Å². The van der Waals surface area contributed by atoms with Crippen LogP contribution in [0.15, 0.2) is 16.6 Å². The molecule has 0 fully saturated rings. The monoisotopic (exact) mass is 295 g/mol. The predicted molar refractivity (Wildman–Crippen MR) is 72.2 cm³/mol. The Morgan fingerprint density at radius 3 is 2.65 bits per heavy atom. The number of nitrogens with zero attached hydrogens (tertiary/aromatic N) is 2. The number of aromatic nitrogens is 2. The molecule has 0 aliphatic rings. The minimum atomic E-state index is 0.0870. The fourth-order valence-corrected chi connectivity index (χ4v) is 2.12. The molecule has 0 amide bonds. The van der Waals surface area contributed by atoms with Crippen LogP contribution in [0.5, 0.6) is 5.75 Å².